The van der Waals surface area contributed by atoms with Gasteiger partial charge in [0.05, 0.1) is 10.9 Å². The van der Waals surface area contributed by atoms with Gasteiger partial charge in [-0.3, -0.25) is 19.1 Å². The van der Waals surface area contributed by atoms with Crippen LogP contribution in [0.15, 0.2) is 46.1 Å². The van der Waals surface area contributed by atoms with Crippen molar-refractivity contribution in [1.82, 2.24) is 14.5 Å². The summed E-state index contributed by atoms with van der Waals surface area (Å²) in [6, 6.07) is 9.05. The Labute approximate surface area is 168 Å². The average Bonchev–Trinajstić information content (AvgIpc) is 2.73. The molecular formula is C21H25N5O3. The molecule has 0 aliphatic heterocycles. The van der Waals surface area contributed by atoms with Gasteiger partial charge in [-0.15, -0.1) is 0 Å². The number of carbonyl (C=O) groups is 1. The molecule has 8 heteroatoms. The van der Waals surface area contributed by atoms with E-state index in [-0.39, 0.29) is 22.5 Å². The van der Waals surface area contributed by atoms with Gasteiger partial charge in [-0.1, -0.05) is 6.92 Å². The van der Waals surface area contributed by atoms with Crippen LogP contribution in [0, 0.1) is 0 Å². The molecule has 0 saturated carbocycles. The fourth-order valence-corrected chi connectivity index (χ4v) is 3.27. The van der Waals surface area contributed by atoms with Crippen molar-refractivity contribution in [3.05, 3.63) is 62.9 Å². The van der Waals surface area contributed by atoms with Gasteiger partial charge >= 0.3 is 5.69 Å². The monoisotopic (exact) mass is 395 g/mol. The Hall–Kier alpha value is -3.42. The van der Waals surface area contributed by atoms with Gasteiger partial charge in [-0.2, -0.15) is 0 Å². The summed E-state index contributed by atoms with van der Waals surface area (Å²) in [5, 5.41) is 3.03. The zero-order valence-electron chi connectivity index (χ0n) is 16.9. The topological polar surface area (TPSA) is 100 Å². The van der Waals surface area contributed by atoms with E-state index in [4.69, 9.17) is 0 Å². The van der Waals surface area contributed by atoms with Gasteiger partial charge in [0.15, 0.2) is 0 Å². The predicted molar refractivity (Wildman–Crippen MR) is 115 cm³/mol. The van der Waals surface area contributed by atoms with Crippen LogP contribution in [0.2, 0.25) is 0 Å². The van der Waals surface area contributed by atoms with Gasteiger partial charge < -0.3 is 10.2 Å². The number of H-pyrrole nitrogens is 1. The minimum Gasteiger partial charge on any atom is -0.372 e. The zero-order valence-corrected chi connectivity index (χ0v) is 16.9. The normalized spacial score (nSPS) is 10.9. The van der Waals surface area contributed by atoms with Crippen LogP contribution in [0.3, 0.4) is 0 Å². The molecule has 0 unspecified atom stereocenters. The second-order valence-corrected chi connectivity index (χ2v) is 6.68. The molecule has 1 amide bonds. The van der Waals surface area contributed by atoms with Gasteiger partial charge in [0, 0.05) is 37.2 Å². The van der Waals surface area contributed by atoms with Crippen LogP contribution in [0.1, 0.15) is 37.6 Å². The van der Waals surface area contributed by atoms with Crippen molar-refractivity contribution in [1.29, 1.82) is 0 Å². The lowest BCUT2D eigenvalue weighted by molar-refractivity contribution is 0.102. The molecule has 0 saturated heterocycles. The molecule has 2 heterocycles. The van der Waals surface area contributed by atoms with E-state index in [9.17, 15) is 14.4 Å². The van der Waals surface area contributed by atoms with Crippen molar-refractivity contribution in [2.45, 2.75) is 33.7 Å². The first-order valence-corrected chi connectivity index (χ1v) is 9.77. The number of aryl methyl sites for hydroxylation is 1. The van der Waals surface area contributed by atoms with E-state index in [2.05, 4.69) is 34.0 Å². The van der Waals surface area contributed by atoms with Crippen LogP contribution in [-0.2, 0) is 6.54 Å². The summed E-state index contributed by atoms with van der Waals surface area (Å²) in [6.07, 6.45) is 2.10. The predicted octanol–water partition coefficient (Wildman–Crippen LogP) is 2.59. The third-order valence-electron chi connectivity index (χ3n) is 4.80. The fraction of sp³-hybridized carbons (Fsp3) is 0.333. The van der Waals surface area contributed by atoms with Crippen LogP contribution in [-0.4, -0.2) is 33.5 Å². The number of amides is 1. The lowest BCUT2D eigenvalue weighted by Gasteiger charge is -2.21. The Kier molecular flexibility index (Phi) is 6.11. The molecule has 0 aliphatic rings. The van der Waals surface area contributed by atoms with Crippen LogP contribution >= 0.6 is 0 Å². The standard InChI is InChI=1S/C21H25N5O3/c1-4-11-26-18-17(20(28)24-21(26)29)12-14(13-22-18)19(27)23-15-7-9-16(10-8-15)25(5-2)6-3/h7-10,12-13H,4-6,11H2,1-3H3,(H,23,27)(H,24,28,29). The largest absolute Gasteiger partial charge is 0.372 e. The van der Waals surface area contributed by atoms with Gasteiger partial charge in [0.1, 0.15) is 5.65 Å². The van der Waals surface area contributed by atoms with Crippen molar-refractivity contribution in [3.8, 4) is 0 Å². The van der Waals surface area contributed by atoms with E-state index in [1.54, 1.807) is 0 Å². The first kappa shape index (κ1) is 20.3. The number of fused-ring (bicyclic) bond motifs is 1. The Balaban J connectivity index is 1.88. The zero-order chi connectivity index (χ0) is 21.0. The molecule has 2 N–H and O–H groups in total. The number of aromatic nitrogens is 3. The summed E-state index contributed by atoms with van der Waals surface area (Å²) in [7, 11) is 0. The molecule has 0 fully saturated rings. The summed E-state index contributed by atoms with van der Waals surface area (Å²) < 4.78 is 1.41. The number of hydrogen-bond acceptors (Lipinski definition) is 5. The molecule has 3 aromatic rings. The molecule has 8 nitrogen and oxygen atoms in total. The second kappa shape index (κ2) is 8.72. The van der Waals surface area contributed by atoms with E-state index in [0.717, 1.165) is 18.8 Å². The smallest absolute Gasteiger partial charge is 0.329 e. The summed E-state index contributed by atoms with van der Waals surface area (Å²) >= 11 is 0. The van der Waals surface area contributed by atoms with Crippen molar-refractivity contribution in [2.75, 3.05) is 23.3 Å². The molecule has 0 atom stereocenters. The number of nitrogens with zero attached hydrogens (tertiary/aromatic N) is 3. The molecule has 29 heavy (non-hydrogen) atoms. The number of benzene rings is 1. The van der Waals surface area contributed by atoms with Gasteiger partial charge in [-0.05, 0) is 50.6 Å². The third-order valence-corrected chi connectivity index (χ3v) is 4.80. The van der Waals surface area contributed by atoms with E-state index >= 15 is 0 Å². The maximum absolute atomic E-state index is 12.6. The number of aromatic amines is 1. The lowest BCUT2D eigenvalue weighted by atomic mass is 10.2. The lowest BCUT2D eigenvalue weighted by Crippen LogP contribution is -2.31. The Morgan fingerprint density at radius 2 is 1.83 bits per heavy atom. The molecule has 3 rings (SSSR count). The number of rotatable bonds is 7. The number of hydrogen-bond donors (Lipinski definition) is 2. The molecule has 152 valence electrons. The van der Waals surface area contributed by atoms with E-state index < -0.39 is 11.2 Å². The van der Waals surface area contributed by atoms with Crippen LogP contribution in [0.5, 0.6) is 0 Å². The van der Waals surface area contributed by atoms with Crippen molar-refractivity contribution < 1.29 is 4.79 Å². The average molecular weight is 395 g/mol. The number of nitrogens with one attached hydrogen (secondary N) is 2. The van der Waals surface area contributed by atoms with Crippen molar-refractivity contribution in [2.24, 2.45) is 0 Å². The maximum atomic E-state index is 12.6. The first-order chi connectivity index (χ1) is 14.0. The summed E-state index contributed by atoms with van der Waals surface area (Å²) in [6.45, 7) is 8.35. The highest BCUT2D eigenvalue weighted by Crippen LogP contribution is 2.18. The third kappa shape index (κ3) is 4.21. The van der Waals surface area contributed by atoms with Crippen LogP contribution in [0.25, 0.3) is 11.0 Å². The summed E-state index contributed by atoms with van der Waals surface area (Å²) in [4.78, 5) is 45.6. The highest BCUT2D eigenvalue weighted by molar-refractivity contribution is 6.05. The summed E-state index contributed by atoms with van der Waals surface area (Å²) in [5.41, 5.74) is 1.21. The SMILES string of the molecule is CCCn1c(=O)[nH]c(=O)c2cc(C(=O)Nc3ccc(N(CC)CC)cc3)cnc21. The number of carbonyl (C=O) groups excluding carboxylic acids is 1. The molecule has 0 bridgehead atoms. The highest BCUT2D eigenvalue weighted by Gasteiger charge is 2.13. The number of anilines is 2. The Morgan fingerprint density at radius 3 is 2.45 bits per heavy atom. The van der Waals surface area contributed by atoms with E-state index in [0.29, 0.717) is 18.7 Å². The summed E-state index contributed by atoms with van der Waals surface area (Å²) in [5.74, 6) is -0.373. The number of pyridine rings is 1. The Morgan fingerprint density at radius 1 is 1.14 bits per heavy atom. The first-order valence-electron chi connectivity index (χ1n) is 9.77. The molecular weight excluding hydrogens is 370 g/mol. The van der Waals surface area contributed by atoms with Crippen molar-refractivity contribution >= 4 is 28.3 Å². The minimum atomic E-state index is -0.553. The molecule has 0 spiro atoms. The maximum Gasteiger partial charge on any atom is 0.329 e. The van der Waals surface area contributed by atoms with Crippen LogP contribution < -0.4 is 21.5 Å². The van der Waals surface area contributed by atoms with E-state index in [1.807, 2.05) is 31.2 Å². The molecule has 0 radical (unpaired) electrons. The van der Waals surface area contributed by atoms with Gasteiger partial charge in [-0.25, -0.2) is 9.78 Å². The quantitative estimate of drug-likeness (QED) is 0.640. The van der Waals surface area contributed by atoms with Gasteiger partial charge in [0.2, 0.25) is 0 Å². The van der Waals surface area contributed by atoms with Gasteiger partial charge in [0.25, 0.3) is 11.5 Å². The minimum absolute atomic E-state index is 0.211. The molecule has 0 aliphatic carbocycles. The van der Waals surface area contributed by atoms with Crippen LogP contribution in [0.4, 0.5) is 11.4 Å². The molecule has 1 aromatic carbocycles. The van der Waals surface area contributed by atoms with E-state index in [1.165, 1.54) is 16.8 Å². The highest BCUT2D eigenvalue weighted by atomic mass is 16.2. The Bertz CT molecular complexity index is 1130. The second-order valence-electron chi connectivity index (χ2n) is 6.68. The van der Waals surface area contributed by atoms with Crippen molar-refractivity contribution in [3.63, 3.8) is 0 Å². The molecule has 2 aromatic heterocycles. The fourth-order valence-electron chi connectivity index (χ4n) is 3.27.